The van der Waals surface area contributed by atoms with E-state index >= 15 is 0 Å². The highest BCUT2D eigenvalue weighted by Crippen LogP contribution is 2.18. The molecule has 1 saturated heterocycles. The van der Waals surface area contributed by atoms with Crippen LogP contribution in [0.2, 0.25) is 0 Å². The molecule has 0 aromatic carbocycles. The summed E-state index contributed by atoms with van der Waals surface area (Å²) in [5.74, 6) is 0.853. The SMILES string of the molecule is O=C(CC1CCNC1)NC1CCCCCC1. The largest absolute Gasteiger partial charge is 0.353 e. The van der Waals surface area contributed by atoms with Gasteiger partial charge in [0.1, 0.15) is 0 Å². The first kappa shape index (κ1) is 11.9. The third kappa shape index (κ3) is 3.78. The quantitative estimate of drug-likeness (QED) is 0.718. The Morgan fingerprint density at radius 3 is 2.50 bits per heavy atom. The summed E-state index contributed by atoms with van der Waals surface area (Å²) in [6.45, 7) is 2.11. The lowest BCUT2D eigenvalue weighted by atomic mass is 10.0. The van der Waals surface area contributed by atoms with Gasteiger partial charge in [0.25, 0.3) is 0 Å². The van der Waals surface area contributed by atoms with Crippen LogP contribution >= 0.6 is 0 Å². The van der Waals surface area contributed by atoms with E-state index in [0.717, 1.165) is 25.9 Å². The molecule has 0 spiro atoms. The molecular weight excluding hydrogens is 200 g/mol. The standard InChI is InChI=1S/C13H24N2O/c16-13(9-11-7-8-14-10-11)15-12-5-3-1-2-4-6-12/h11-12,14H,1-10H2,(H,15,16). The van der Waals surface area contributed by atoms with Crippen LogP contribution in [0, 0.1) is 5.92 Å². The number of carbonyl (C=O) groups excluding carboxylic acids is 1. The minimum Gasteiger partial charge on any atom is -0.353 e. The summed E-state index contributed by atoms with van der Waals surface area (Å²) in [5, 5.41) is 6.53. The Hall–Kier alpha value is -0.570. The Morgan fingerprint density at radius 1 is 1.12 bits per heavy atom. The van der Waals surface area contributed by atoms with Gasteiger partial charge in [-0.3, -0.25) is 4.79 Å². The van der Waals surface area contributed by atoms with Crippen molar-refractivity contribution >= 4 is 5.91 Å². The molecule has 2 aliphatic rings. The van der Waals surface area contributed by atoms with Crippen molar-refractivity contribution in [2.75, 3.05) is 13.1 Å². The second-order valence-corrected chi connectivity index (χ2v) is 5.32. The molecule has 2 N–H and O–H groups in total. The van der Waals surface area contributed by atoms with Gasteiger partial charge in [-0.25, -0.2) is 0 Å². The average Bonchev–Trinajstić information content (AvgIpc) is 2.62. The van der Waals surface area contributed by atoms with Crippen LogP contribution in [-0.2, 0) is 4.79 Å². The maximum absolute atomic E-state index is 11.8. The highest BCUT2D eigenvalue weighted by Gasteiger charge is 2.20. The zero-order valence-electron chi connectivity index (χ0n) is 10.1. The molecular formula is C13H24N2O. The van der Waals surface area contributed by atoms with Gasteiger partial charge in [-0.2, -0.15) is 0 Å². The van der Waals surface area contributed by atoms with Gasteiger partial charge in [-0.05, 0) is 38.3 Å². The van der Waals surface area contributed by atoms with Gasteiger partial charge in [0.2, 0.25) is 5.91 Å². The average molecular weight is 224 g/mol. The number of amides is 1. The van der Waals surface area contributed by atoms with Gasteiger partial charge < -0.3 is 10.6 Å². The maximum atomic E-state index is 11.8. The summed E-state index contributed by atoms with van der Waals surface area (Å²) in [5.41, 5.74) is 0. The first-order valence-corrected chi connectivity index (χ1v) is 6.84. The predicted octanol–water partition coefficient (Wildman–Crippen LogP) is 1.82. The minimum absolute atomic E-state index is 0.278. The molecule has 1 unspecified atom stereocenters. The molecule has 0 radical (unpaired) electrons. The molecule has 92 valence electrons. The van der Waals surface area contributed by atoms with E-state index in [2.05, 4.69) is 10.6 Å². The molecule has 1 aliphatic heterocycles. The summed E-state index contributed by atoms with van der Waals surface area (Å²) in [4.78, 5) is 11.8. The molecule has 1 heterocycles. The van der Waals surface area contributed by atoms with Gasteiger partial charge in [-0.1, -0.05) is 25.7 Å². The zero-order chi connectivity index (χ0) is 11.2. The summed E-state index contributed by atoms with van der Waals surface area (Å²) < 4.78 is 0. The number of nitrogens with one attached hydrogen (secondary N) is 2. The fourth-order valence-corrected chi connectivity index (χ4v) is 2.86. The van der Waals surface area contributed by atoms with Crippen LogP contribution in [0.3, 0.4) is 0 Å². The summed E-state index contributed by atoms with van der Waals surface area (Å²) >= 11 is 0. The van der Waals surface area contributed by atoms with E-state index in [9.17, 15) is 4.79 Å². The van der Waals surface area contributed by atoms with E-state index in [1.165, 1.54) is 38.5 Å². The Balaban J connectivity index is 1.68. The Labute approximate surface area is 98.4 Å². The number of hydrogen-bond donors (Lipinski definition) is 2. The van der Waals surface area contributed by atoms with Gasteiger partial charge in [0.05, 0.1) is 0 Å². The van der Waals surface area contributed by atoms with E-state index < -0.39 is 0 Å². The van der Waals surface area contributed by atoms with Crippen molar-refractivity contribution in [1.29, 1.82) is 0 Å². The molecule has 1 atom stereocenters. The molecule has 1 saturated carbocycles. The number of hydrogen-bond acceptors (Lipinski definition) is 2. The van der Waals surface area contributed by atoms with Gasteiger partial charge in [0, 0.05) is 12.5 Å². The number of rotatable bonds is 3. The van der Waals surface area contributed by atoms with Gasteiger partial charge >= 0.3 is 0 Å². The Morgan fingerprint density at radius 2 is 1.88 bits per heavy atom. The van der Waals surface area contributed by atoms with E-state index in [1.54, 1.807) is 0 Å². The summed E-state index contributed by atoms with van der Waals surface area (Å²) in [6, 6.07) is 0.462. The lowest BCUT2D eigenvalue weighted by Crippen LogP contribution is -2.35. The van der Waals surface area contributed by atoms with Crippen LogP contribution in [0.15, 0.2) is 0 Å². The summed E-state index contributed by atoms with van der Waals surface area (Å²) in [7, 11) is 0. The van der Waals surface area contributed by atoms with Crippen molar-refractivity contribution in [3.05, 3.63) is 0 Å². The lowest BCUT2D eigenvalue weighted by Gasteiger charge is -2.17. The third-order valence-corrected chi connectivity index (χ3v) is 3.86. The van der Waals surface area contributed by atoms with Crippen LogP contribution in [-0.4, -0.2) is 25.0 Å². The van der Waals surface area contributed by atoms with Crippen molar-refractivity contribution in [3.63, 3.8) is 0 Å². The van der Waals surface area contributed by atoms with E-state index in [-0.39, 0.29) is 5.91 Å². The van der Waals surface area contributed by atoms with Crippen molar-refractivity contribution < 1.29 is 4.79 Å². The molecule has 0 aromatic rings. The van der Waals surface area contributed by atoms with Crippen molar-refractivity contribution in [1.82, 2.24) is 10.6 Å². The molecule has 1 amide bonds. The van der Waals surface area contributed by atoms with Crippen molar-refractivity contribution in [2.45, 2.75) is 57.4 Å². The second kappa shape index (κ2) is 6.24. The fraction of sp³-hybridized carbons (Fsp3) is 0.923. The first-order chi connectivity index (χ1) is 7.84. The van der Waals surface area contributed by atoms with Crippen molar-refractivity contribution in [3.8, 4) is 0 Å². The molecule has 3 heteroatoms. The van der Waals surface area contributed by atoms with Crippen LogP contribution < -0.4 is 10.6 Å². The lowest BCUT2D eigenvalue weighted by molar-refractivity contribution is -0.122. The molecule has 0 aromatic heterocycles. The Bertz CT molecular complexity index is 216. The molecule has 0 bridgehead atoms. The van der Waals surface area contributed by atoms with Crippen molar-refractivity contribution in [2.24, 2.45) is 5.92 Å². The van der Waals surface area contributed by atoms with Gasteiger partial charge in [0.15, 0.2) is 0 Å². The second-order valence-electron chi connectivity index (χ2n) is 5.32. The topological polar surface area (TPSA) is 41.1 Å². The fourth-order valence-electron chi connectivity index (χ4n) is 2.86. The first-order valence-electron chi connectivity index (χ1n) is 6.84. The van der Waals surface area contributed by atoms with E-state index in [1.807, 2.05) is 0 Å². The third-order valence-electron chi connectivity index (χ3n) is 3.86. The Kier molecular flexibility index (Phi) is 4.64. The predicted molar refractivity (Wildman–Crippen MR) is 65.2 cm³/mol. The summed E-state index contributed by atoms with van der Waals surface area (Å²) in [6.07, 6.45) is 9.54. The monoisotopic (exact) mass is 224 g/mol. The van der Waals surface area contributed by atoms with Crippen LogP contribution in [0.25, 0.3) is 0 Å². The normalized spacial score (nSPS) is 27.6. The molecule has 2 fully saturated rings. The van der Waals surface area contributed by atoms with Crippen LogP contribution in [0.4, 0.5) is 0 Å². The molecule has 3 nitrogen and oxygen atoms in total. The molecule has 16 heavy (non-hydrogen) atoms. The van der Waals surface area contributed by atoms with E-state index in [0.29, 0.717) is 12.0 Å². The molecule has 1 aliphatic carbocycles. The van der Waals surface area contributed by atoms with Gasteiger partial charge in [-0.15, -0.1) is 0 Å². The van der Waals surface area contributed by atoms with Crippen LogP contribution in [0.1, 0.15) is 51.4 Å². The number of carbonyl (C=O) groups is 1. The zero-order valence-corrected chi connectivity index (χ0v) is 10.1. The smallest absolute Gasteiger partial charge is 0.220 e. The highest BCUT2D eigenvalue weighted by molar-refractivity contribution is 5.76. The highest BCUT2D eigenvalue weighted by atomic mass is 16.1. The maximum Gasteiger partial charge on any atom is 0.220 e. The molecule has 2 rings (SSSR count). The van der Waals surface area contributed by atoms with E-state index in [4.69, 9.17) is 0 Å². The van der Waals surface area contributed by atoms with Crippen LogP contribution in [0.5, 0.6) is 0 Å². The minimum atomic E-state index is 0.278.